The fourth-order valence-electron chi connectivity index (χ4n) is 2.21. The molecule has 0 aromatic heterocycles. The monoisotopic (exact) mass is 372 g/mol. The third-order valence-electron chi connectivity index (χ3n) is 4.40. The standard InChI is InChI=1S/C17H20BF3O3S/c1-10(22)25-9-12(18-23-16(2,3)17(4,5)24-18)8-11-6-7-13(19)15(21)14(11)20/h6-8H,9H2,1-5H3. The first-order valence-corrected chi connectivity index (χ1v) is 8.76. The molecular formula is C17H20BF3O3S. The molecule has 3 nitrogen and oxygen atoms in total. The quantitative estimate of drug-likeness (QED) is 0.580. The van der Waals surface area contributed by atoms with Gasteiger partial charge in [0.05, 0.1) is 11.2 Å². The van der Waals surface area contributed by atoms with Gasteiger partial charge in [0.1, 0.15) is 0 Å². The first-order valence-electron chi connectivity index (χ1n) is 7.77. The van der Waals surface area contributed by atoms with E-state index in [1.165, 1.54) is 13.0 Å². The van der Waals surface area contributed by atoms with E-state index in [0.29, 0.717) is 5.47 Å². The Balaban J connectivity index is 2.40. The fraction of sp³-hybridized carbons (Fsp3) is 0.471. The highest BCUT2D eigenvalue weighted by atomic mass is 32.2. The van der Waals surface area contributed by atoms with Crippen LogP contribution in [0, 0.1) is 17.5 Å². The molecule has 1 fully saturated rings. The SMILES string of the molecule is CC(=O)SCC(=Cc1ccc(F)c(F)c1F)B1OC(C)(C)C(C)(C)O1. The molecule has 1 aliphatic rings. The Kier molecular flexibility index (Phi) is 5.76. The van der Waals surface area contributed by atoms with Crippen LogP contribution < -0.4 is 0 Å². The lowest BCUT2D eigenvalue weighted by molar-refractivity contribution is -0.109. The van der Waals surface area contributed by atoms with Crippen LogP contribution in [0.5, 0.6) is 0 Å². The zero-order valence-electron chi connectivity index (χ0n) is 14.8. The topological polar surface area (TPSA) is 35.5 Å². The highest BCUT2D eigenvalue weighted by Gasteiger charge is 2.52. The summed E-state index contributed by atoms with van der Waals surface area (Å²) in [7, 11) is -0.815. The molecule has 0 saturated carbocycles. The lowest BCUT2D eigenvalue weighted by Crippen LogP contribution is -2.41. The first kappa shape index (κ1) is 20.1. The lowest BCUT2D eigenvalue weighted by Gasteiger charge is -2.32. The molecule has 0 amide bonds. The van der Waals surface area contributed by atoms with E-state index in [-0.39, 0.29) is 16.4 Å². The smallest absolute Gasteiger partial charge is 0.400 e. The van der Waals surface area contributed by atoms with Crippen molar-refractivity contribution in [3.8, 4) is 0 Å². The van der Waals surface area contributed by atoms with Crippen molar-refractivity contribution in [2.75, 3.05) is 5.75 Å². The molecule has 8 heteroatoms. The number of benzene rings is 1. The van der Waals surface area contributed by atoms with Gasteiger partial charge in [-0.2, -0.15) is 0 Å². The summed E-state index contributed by atoms with van der Waals surface area (Å²) >= 11 is 1.00. The minimum atomic E-state index is -1.54. The van der Waals surface area contributed by atoms with Gasteiger partial charge in [0.2, 0.25) is 0 Å². The number of hydrogen-bond acceptors (Lipinski definition) is 4. The third kappa shape index (κ3) is 4.30. The molecule has 1 heterocycles. The van der Waals surface area contributed by atoms with Crippen LogP contribution in [0.3, 0.4) is 0 Å². The van der Waals surface area contributed by atoms with Crippen molar-refractivity contribution in [2.24, 2.45) is 0 Å². The molecule has 0 spiro atoms. The molecule has 1 aromatic carbocycles. The molecule has 0 N–H and O–H groups in total. The van der Waals surface area contributed by atoms with Crippen LogP contribution in [0.1, 0.15) is 40.2 Å². The van der Waals surface area contributed by atoms with E-state index >= 15 is 0 Å². The maximum atomic E-state index is 14.0. The summed E-state index contributed by atoms with van der Waals surface area (Å²) in [5.41, 5.74) is -0.911. The van der Waals surface area contributed by atoms with Crippen LogP contribution in [0.4, 0.5) is 13.2 Å². The van der Waals surface area contributed by atoms with Crippen molar-refractivity contribution in [2.45, 2.75) is 45.8 Å². The van der Waals surface area contributed by atoms with E-state index in [0.717, 1.165) is 23.9 Å². The second-order valence-electron chi connectivity index (χ2n) is 6.85. The average Bonchev–Trinajstić information content (AvgIpc) is 2.71. The van der Waals surface area contributed by atoms with Crippen LogP contribution in [0.2, 0.25) is 0 Å². The highest BCUT2D eigenvalue weighted by molar-refractivity contribution is 8.13. The molecule has 1 aromatic rings. The summed E-state index contributed by atoms with van der Waals surface area (Å²) in [6.07, 6.45) is 1.34. The van der Waals surface area contributed by atoms with Crippen LogP contribution in [0.25, 0.3) is 6.08 Å². The van der Waals surface area contributed by atoms with Crippen LogP contribution >= 0.6 is 11.8 Å². The summed E-state index contributed by atoms with van der Waals surface area (Å²) < 4.78 is 52.4. The van der Waals surface area contributed by atoms with Gasteiger partial charge < -0.3 is 9.31 Å². The predicted octanol–water partition coefficient (Wildman–Crippen LogP) is 4.40. The van der Waals surface area contributed by atoms with Gasteiger partial charge in [-0.15, -0.1) is 0 Å². The van der Waals surface area contributed by atoms with Crippen LogP contribution in [0.15, 0.2) is 17.6 Å². The largest absolute Gasteiger partial charge is 0.491 e. The molecule has 0 unspecified atom stereocenters. The molecule has 2 rings (SSSR count). The van der Waals surface area contributed by atoms with Crippen molar-refractivity contribution in [1.29, 1.82) is 0 Å². The maximum Gasteiger partial charge on any atom is 0.491 e. The number of rotatable bonds is 4. The summed E-state index contributed by atoms with van der Waals surface area (Å²) in [5, 5.41) is -0.131. The third-order valence-corrected chi connectivity index (χ3v) is 5.29. The Bertz CT molecular complexity index is 703. The van der Waals surface area contributed by atoms with Gasteiger partial charge in [-0.1, -0.05) is 17.8 Å². The van der Waals surface area contributed by atoms with E-state index in [2.05, 4.69) is 0 Å². The summed E-state index contributed by atoms with van der Waals surface area (Å²) in [6.45, 7) is 8.86. The van der Waals surface area contributed by atoms with Gasteiger partial charge >= 0.3 is 7.12 Å². The zero-order valence-corrected chi connectivity index (χ0v) is 15.6. The van der Waals surface area contributed by atoms with Crippen LogP contribution in [-0.2, 0) is 14.1 Å². The summed E-state index contributed by atoms with van der Waals surface area (Å²) in [6, 6.07) is 1.99. The minimum Gasteiger partial charge on any atom is -0.400 e. The number of thioether (sulfide) groups is 1. The number of halogens is 3. The van der Waals surface area contributed by atoms with Crippen molar-refractivity contribution in [3.05, 3.63) is 40.6 Å². The molecule has 0 aliphatic carbocycles. The second-order valence-corrected chi connectivity index (χ2v) is 8.00. The Morgan fingerprint density at radius 3 is 2.20 bits per heavy atom. The molecule has 1 aliphatic heterocycles. The lowest BCUT2D eigenvalue weighted by atomic mass is 9.78. The first-order chi connectivity index (χ1) is 11.4. The van der Waals surface area contributed by atoms with Gasteiger partial charge in [-0.05, 0) is 45.3 Å². The fourth-order valence-corrected chi connectivity index (χ4v) is 2.80. The highest BCUT2D eigenvalue weighted by Crippen LogP contribution is 2.39. The van der Waals surface area contributed by atoms with Gasteiger partial charge in [0.25, 0.3) is 0 Å². The van der Waals surface area contributed by atoms with E-state index in [4.69, 9.17) is 9.31 Å². The van der Waals surface area contributed by atoms with Gasteiger partial charge in [0, 0.05) is 18.2 Å². The van der Waals surface area contributed by atoms with Gasteiger partial charge in [-0.3, -0.25) is 4.79 Å². The molecule has 1 saturated heterocycles. The van der Waals surface area contributed by atoms with E-state index in [9.17, 15) is 18.0 Å². The van der Waals surface area contributed by atoms with E-state index in [1.807, 2.05) is 27.7 Å². The number of hydrogen-bond donors (Lipinski definition) is 0. The predicted molar refractivity (Wildman–Crippen MR) is 93.5 cm³/mol. The van der Waals surface area contributed by atoms with Gasteiger partial charge in [-0.25, -0.2) is 13.2 Å². The second kappa shape index (κ2) is 7.17. The number of carbonyl (C=O) groups excluding carboxylic acids is 1. The van der Waals surface area contributed by atoms with Crippen molar-refractivity contribution < 1.29 is 27.3 Å². The molecular weight excluding hydrogens is 352 g/mol. The molecule has 0 radical (unpaired) electrons. The Hall–Kier alpha value is -1.25. The summed E-state index contributed by atoms with van der Waals surface area (Å²) in [4.78, 5) is 11.3. The normalized spacial score (nSPS) is 19.4. The molecule has 0 bridgehead atoms. The van der Waals surface area contributed by atoms with E-state index < -0.39 is 35.8 Å². The Labute approximate surface area is 150 Å². The summed E-state index contributed by atoms with van der Waals surface area (Å²) in [5.74, 6) is -3.90. The van der Waals surface area contributed by atoms with Crippen molar-refractivity contribution in [1.82, 2.24) is 0 Å². The minimum absolute atomic E-state index is 0.131. The Morgan fingerprint density at radius 1 is 1.12 bits per heavy atom. The molecule has 0 atom stereocenters. The van der Waals surface area contributed by atoms with Crippen molar-refractivity contribution >= 4 is 30.1 Å². The van der Waals surface area contributed by atoms with Crippen molar-refractivity contribution in [3.63, 3.8) is 0 Å². The molecule has 136 valence electrons. The molecule has 25 heavy (non-hydrogen) atoms. The maximum absolute atomic E-state index is 14.0. The average molecular weight is 372 g/mol. The van der Waals surface area contributed by atoms with Gasteiger partial charge in [0.15, 0.2) is 22.6 Å². The number of carbonyl (C=O) groups is 1. The van der Waals surface area contributed by atoms with E-state index in [1.54, 1.807) is 0 Å². The zero-order chi connectivity index (χ0) is 19.0. The Morgan fingerprint density at radius 2 is 1.68 bits per heavy atom. The van der Waals surface area contributed by atoms with Crippen LogP contribution in [-0.4, -0.2) is 29.2 Å².